The molecule has 2 atom stereocenters. The van der Waals surface area contributed by atoms with Gasteiger partial charge >= 0.3 is 0 Å². The second-order valence-corrected chi connectivity index (χ2v) is 6.04. The Kier molecular flexibility index (Phi) is 4.16. The molecule has 22 heavy (non-hydrogen) atoms. The number of methoxy groups -OCH3 is 1. The Labute approximate surface area is 130 Å². The van der Waals surface area contributed by atoms with Crippen LogP contribution in [0.3, 0.4) is 0 Å². The molecule has 0 spiro atoms. The molecule has 0 bridgehead atoms. The number of carbonyl (C=O) groups is 2. The molecule has 0 saturated carbocycles. The number of fused-ring (bicyclic) bond motifs is 1. The van der Waals surface area contributed by atoms with E-state index in [4.69, 9.17) is 4.74 Å². The molecule has 1 fully saturated rings. The second kappa shape index (κ2) is 6.08. The summed E-state index contributed by atoms with van der Waals surface area (Å²) in [6.07, 6.45) is 1.94. The number of likely N-dealkylation sites (N-methyl/N-ethyl adjacent to an activating group) is 1. The summed E-state index contributed by atoms with van der Waals surface area (Å²) in [4.78, 5) is 28.5. The zero-order valence-corrected chi connectivity index (χ0v) is 13.1. The average Bonchev–Trinajstić information content (AvgIpc) is 2.95. The fourth-order valence-electron chi connectivity index (χ4n) is 3.56. The van der Waals surface area contributed by atoms with Crippen molar-refractivity contribution in [1.29, 1.82) is 0 Å². The third-order valence-electron chi connectivity index (χ3n) is 4.83. The first-order chi connectivity index (χ1) is 10.6. The third kappa shape index (κ3) is 2.50. The van der Waals surface area contributed by atoms with Crippen molar-refractivity contribution in [3.8, 4) is 0 Å². The summed E-state index contributed by atoms with van der Waals surface area (Å²) in [5.74, 6) is 0.0214. The fourth-order valence-corrected chi connectivity index (χ4v) is 3.56. The molecule has 1 saturated heterocycles. The van der Waals surface area contributed by atoms with Gasteiger partial charge in [-0.3, -0.25) is 9.59 Å². The Morgan fingerprint density at radius 1 is 1.32 bits per heavy atom. The number of benzene rings is 1. The minimum Gasteiger partial charge on any atom is -0.383 e. The van der Waals surface area contributed by atoms with Gasteiger partial charge in [-0.1, -0.05) is 18.2 Å². The summed E-state index contributed by atoms with van der Waals surface area (Å²) < 4.78 is 5.25. The molecule has 1 aromatic rings. The minimum absolute atomic E-state index is 0.0907. The zero-order valence-electron chi connectivity index (χ0n) is 13.1. The van der Waals surface area contributed by atoms with Crippen molar-refractivity contribution in [2.24, 2.45) is 5.92 Å². The molecule has 0 aromatic heterocycles. The summed E-state index contributed by atoms with van der Waals surface area (Å²) in [6.45, 7) is 1.13. The van der Waals surface area contributed by atoms with Crippen LogP contribution in [0.5, 0.6) is 0 Å². The van der Waals surface area contributed by atoms with E-state index in [-0.39, 0.29) is 23.8 Å². The maximum atomic E-state index is 13.0. The lowest BCUT2D eigenvalue weighted by atomic mass is 9.88. The van der Waals surface area contributed by atoms with Crippen molar-refractivity contribution in [3.05, 3.63) is 29.8 Å². The van der Waals surface area contributed by atoms with Crippen LogP contribution in [0.2, 0.25) is 0 Å². The molecular formula is C17H22N2O3. The summed E-state index contributed by atoms with van der Waals surface area (Å²) in [5, 5.41) is 0. The largest absolute Gasteiger partial charge is 0.383 e. The van der Waals surface area contributed by atoms with E-state index in [1.807, 2.05) is 23.1 Å². The maximum Gasteiger partial charge on any atom is 0.232 e. The molecule has 2 aliphatic heterocycles. The van der Waals surface area contributed by atoms with E-state index in [0.717, 1.165) is 18.7 Å². The first-order valence-electron chi connectivity index (χ1n) is 7.77. The van der Waals surface area contributed by atoms with Crippen molar-refractivity contribution >= 4 is 17.5 Å². The predicted octanol–water partition coefficient (Wildman–Crippen LogP) is 1.46. The number of hydrogen-bond acceptors (Lipinski definition) is 3. The van der Waals surface area contributed by atoms with Crippen LogP contribution < -0.4 is 4.90 Å². The Balaban J connectivity index is 1.83. The molecular weight excluding hydrogens is 280 g/mol. The van der Waals surface area contributed by atoms with Gasteiger partial charge in [0, 0.05) is 32.8 Å². The molecule has 2 aliphatic rings. The van der Waals surface area contributed by atoms with Crippen molar-refractivity contribution < 1.29 is 14.3 Å². The Morgan fingerprint density at radius 3 is 2.86 bits per heavy atom. The van der Waals surface area contributed by atoms with Gasteiger partial charge in [0.1, 0.15) is 0 Å². The Bertz CT molecular complexity index is 587. The molecule has 5 nitrogen and oxygen atoms in total. The third-order valence-corrected chi connectivity index (χ3v) is 4.83. The van der Waals surface area contributed by atoms with Gasteiger partial charge in [0.2, 0.25) is 11.8 Å². The Morgan fingerprint density at radius 2 is 2.09 bits per heavy atom. The molecule has 0 radical (unpaired) electrons. The highest BCUT2D eigenvalue weighted by molar-refractivity contribution is 5.98. The number of nitrogens with zero attached hydrogens (tertiary/aromatic N) is 2. The van der Waals surface area contributed by atoms with E-state index in [1.165, 1.54) is 5.56 Å². The first-order valence-corrected chi connectivity index (χ1v) is 7.77. The van der Waals surface area contributed by atoms with Crippen LogP contribution in [0.1, 0.15) is 18.4 Å². The van der Waals surface area contributed by atoms with Gasteiger partial charge in [0.15, 0.2) is 0 Å². The van der Waals surface area contributed by atoms with Gasteiger partial charge in [0.25, 0.3) is 0 Å². The molecule has 2 heterocycles. The van der Waals surface area contributed by atoms with Crippen LogP contribution in [0.25, 0.3) is 0 Å². The second-order valence-electron chi connectivity index (χ2n) is 6.04. The minimum atomic E-state index is -0.186. The van der Waals surface area contributed by atoms with Crippen LogP contribution >= 0.6 is 0 Å². The van der Waals surface area contributed by atoms with Gasteiger partial charge in [-0.15, -0.1) is 0 Å². The summed E-state index contributed by atoms with van der Waals surface area (Å²) >= 11 is 0. The number of anilines is 1. The number of hydrogen-bond donors (Lipinski definition) is 0. The van der Waals surface area contributed by atoms with Gasteiger partial charge in [0.05, 0.1) is 18.6 Å². The van der Waals surface area contributed by atoms with Gasteiger partial charge in [-0.05, 0) is 24.5 Å². The van der Waals surface area contributed by atoms with E-state index in [0.29, 0.717) is 19.4 Å². The number of para-hydroxylation sites is 1. The molecule has 0 unspecified atom stereocenters. The molecule has 5 heteroatoms. The summed E-state index contributed by atoms with van der Waals surface area (Å²) in [6, 6.07) is 7.88. The molecule has 0 aliphatic carbocycles. The van der Waals surface area contributed by atoms with E-state index in [1.54, 1.807) is 19.1 Å². The normalized spacial score (nSPS) is 24.5. The molecule has 118 valence electrons. The highest BCUT2D eigenvalue weighted by atomic mass is 16.5. The molecule has 1 aromatic carbocycles. The number of ether oxygens (including phenoxy) is 1. The van der Waals surface area contributed by atoms with E-state index in [2.05, 4.69) is 6.07 Å². The molecule has 2 amide bonds. The van der Waals surface area contributed by atoms with E-state index < -0.39 is 0 Å². The van der Waals surface area contributed by atoms with Crippen molar-refractivity contribution in [2.75, 3.05) is 32.2 Å². The predicted molar refractivity (Wildman–Crippen MR) is 83.7 cm³/mol. The smallest absolute Gasteiger partial charge is 0.232 e. The highest BCUT2D eigenvalue weighted by Gasteiger charge is 2.41. The quantitative estimate of drug-likeness (QED) is 0.849. The van der Waals surface area contributed by atoms with Crippen molar-refractivity contribution in [1.82, 2.24) is 4.90 Å². The van der Waals surface area contributed by atoms with Crippen molar-refractivity contribution in [3.63, 3.8) is 0 Å². The maximum absolute atomic E-state index is 13.0. The van der Waals surface area contributed by atoms with Gasteiger partial charge in [-0.2, -0.15) is 0 Å². The lowest BCUT2D eigenvalue weighted by Gasteiger charge is -2.39. The highest BCUT2D eigenvalue weighted by Crippen LogP contribution is 2.32. The lowest BCUT2D eigenvalue weighted by Crippen LogP contribution is -2.54. The average molecular weight is 302 g/mol. The van der Waals surface area contributed by atoms with Gasteiger partial charge in [-0.25, -0.2) is 0 Å². The van der Waals surface area contributed by atoms with Crippen molar-refractivity contribution in [2.45, 2.75) is 25.3 Å². The van der Waals surface area contributed by atoms with Crippen LogP contribution in [0, 0.1) is 5.92 Å². The van der Waals surface area contributed by atoms with E-state index in [9.17, 15) is 9.59 Å². The number of likely N-dealkylation sites (tertiary alicyclic amines) is 1. The lowest BCUT2D eigenvalue weighted by molar-refractivity contribution is -0.142. The van der Waals surface area contributed by atoms with Gasteiger partial charge < -0.3 is 14.5 Å². The molecule has 0 N–H and O–H groups in total. The fraction of sp³-hybridized carbons (Fsp3) is 0.529. The monoisotopic (exact) mass is 302 g/mol. The van der Waals surface area contributed by atoms with Crippen LogP contribution in [-0.4, -0.2) is 50.1 Å². The summed E-state index contributed by atoms with van der Waals surface area (Å²) in [7, 11) is 3.38. The van der Waals surface area contributed by atoms with Crippen LogP contribution in [-0.2, 0) is 20.7 Å². The Hall–Kier alpha value is -1.88. The summed E-state index contributed by atoms with van der Waals surface area (Å²) in [5.41, 5.74) is 2.24. The van der Waals surface area contributed by atoms with Crippen LogP contribution in [0.4, 0.5) is 5.69 Å². The van der Waals surface area contributed by atoms with E-state index >= 15 is 0 Å². The first kappa shape index (κ1) is 15.0. The zero-order chi connectivity index (χ0) is 15.7. The number of rotatable bonds is 3. The number of amides is 2. The van der Waals surface area contributed by atoms with Crippen LogP contribution in [0.15, 0.2) is 24.3 Å². The molecule has 3 rings (SSSR count). The topological polar surface area (TPSA) is 49.9 Å². The SMILES string of the molecule is COC[C@@H]1[C@H](C(=O)N2CCc3ccccc32)CCC(=O)N1C. The number of piperidine rings is 1. The number of carbonyl (C=O) groups excluding carboxylic acids is 2. The standard InChI is InChI=1S/C17H22N2O3/c1-18-15(11-22-2)13(7-8-16(18)20)17(21)19-10-9-12-5-3-4-6-14(12)19/h3-6,13,15H,7-11H2,1-2H3/t13-,15-/m1/s1.